The van der Waals surface area contributed by atoms with E-state index in [2.05, 4.69) is 37.3 Å². The van der Waals surface area contributed by atoms with E-state index in [0.29, 0.717) is 0 Å². The van der Waals surface area contributed by atoms with Gasteiger partial charge in [-0.3, -0.25) is 0 Å². The molecule has 0 saturated heterocycles. The zero-order valence-electron chi connectivity index (χ0n) is 13.1. The van der Waals surface area contributed by atoms with E-state index >= 15 is 0 Å². The van der Waals surface area contributed by atoms with Crippen LogP contribution in [0, 0.1) is 23.7 Å². The van der Waals surface area contributed by atoms with Gasteiger partial charge in [-0.05, 0) is 74.2 Å². The van der Waals surface area contributed by atoms with Crippen LogP contribution in [0.1, 0.15) is 63.9 Å². The Hall–Kier alpha value is -0.780. The molecule has 1 aromatic rings. The summed E-state index contributed by atoms with van der Waals surface area (Å²) in [6.45, 7) is 2.44. The molecule has 0 atom stereocenters. The topological polar surface area (TPSA) is 0 Å². The van der Waals surface area contributed by atoms with Gasteiger partial charge in [0, 0.05) is 0 Å². The molecular formula is C20H30. The van der Waals surface area contributed by atoms with Crippen LogP contribution in [0.3, 0.4) is 0 Å². The minimum absolute atomic E-state index is 0.955. The van der Waals surface area contributed by atoms with E-state index in [1.807, 2.05) is 0 Å². The average molecular weight is 270 g/mol. The molecule has 0 radical (unpaired) electrons. The summed E-state index contributed by atoms with van der Waals surface area (Å²) < 4.78 is 0. The Kier molecular flexibility index (Phi) is 4.81. The molecule has 0 N–H and O–H groups in total. The lowest BCUT2D eigenvalue weighted by Gasteiger charge is -2.37. The lowest BCUT2D eigenvalue weighted by Crippen LogP contribution is -2.25. The Morgan fingerprint density at radius 2 is 1.30 bits per heavy atom. The molecule has 0 nitrogen and oxygen atoms in total. The maximum absolute atomic E-state index is 2.44. The van der Waals surface area contributed by atoms with Crippen molar-refractivity contribution in [3.05, 3.63) is 35.9 Å². The van der Waals surface area contributed by atoms with Gasteiger partial charge in [0.25, 0.3) is 0 Å². The second-order valence-electron chi connectivity index (χ2n) is 7.49. The first-order valence-corrected chi connectivity index (χ1v) is 8.85. The van der Waals surface area contributed by atoms with Gasteiger partial charge in [0.1, 0.15) is 0 Å². The molecule has 3 rings (SSSR count). The Balaban J connectivity index is 1.45. The highest BCUT2D eigenvalue weighted by molar-refractivity contribution is 5.15. The fourth-order valence-electron chi connectivity index (χ4n) is 4.57. The van der Waals surface area contributed by atoms with E-state index in [4.69, 9.17) is 0 Å². The quantitative estimate of drug-likeness (QED) is 0.645. The summed E-state index contributed by atoms with van der Waals surface area (Å²) in [7, 11) is 0. The molecule has 0 aliphatic heterocycles. The van der Waals surface area contributed by atoms with Crippen molar-refractivity contribution in [3.63, 3.8) is 0 Å². The molecule has 2 saturated carbocycles. The molecule has 110 valence electrons. The van der Waals surface area contributed by atoms with E-state index in [-0.39, 0.29) is 0 Å². The average Bonchev–Trinajstić information content (AvgIpc) is 2.50. The van der Waals surface area contributed by atoms with E-state index < -0.39 is 0 Å². The van der Waals surface area contributed by atoms with Crippen molar-refractivity contribution in [2.75, 3.05) is 0 Å². The van der Waals surface area contributed by atoms with Crippen molar-refractivity contribution in [1.29, 1.82) is 0 Å². The van der Waals surface area contributed by atoms with Crippen LogP contribution in [-0.2, 0) is 6.42 Å². The molecular weight excluding hydrogens is 240 g/mol. The largest absolute Gasteiger partial charge is 0.0625 e. The summed E-state index contributed by atoms with van der Waals surface area (Å²) in [5, 5.41) is 0. The van der Waals surface area contributed by atoms with Crippen molar-refractivity contribution >= 4 is 0 Å². The highest BCUT2D eigenvalue weighted by atomic mass is 14.3. The van der Waals surface area contributed by atoms with Crippen molar-refractivity contribution in [1.82, 2.24) is 0 Å². The van der Waals surface area contributed by atoms with Gasteiger partial charge < -0.3 is 0 Å². The highest BCUT2D eigenvalue weighted by Gasteiger charge is 2.29. The molecule has 0 bridgehead atoms. The van der Waals surface area contributed by atoms with Gasteiger partial charge >= 0.3 is 0 Å². The van der Waals surface area contributed by atoms with Gasteiger partial charge in [0.05, 0.1) is 0 Å². The van der Waals surface area contributed by atoms with Gasteiger partial charge in [0.2, 0.25) is 0 Å². The molecule has 2 fully saturated rings. The molecule has 0 aromatic heterocycles. The zero-order chi connectivity index (χ0) is 13.8. The van der Waals surface area contributed by atoms with Crippen LogP contribution in [0.5, 0.6) is 0 Å². The fourth-order valence-corrected chi connectivity index (χ4v) is 4.57. The Morgan fingerprint density at radius 1 is 0.750 bits per heavy atom. The van der Waals surface area contributed by atoms with Crippen LogP contribution in [0.4, 0.5) is 0 Å². The summed E-state index contributed by atoms with van der Waals surface area (Å²) in [6, 6.07) is 11.1. The van der Waals surface area contributed by atoms with E-state index in [0.717, 1.165) is 23.7 Å². The van der Waals surface area contributed by atoms with Crippen molar-refractivity contribution in [2.45, 2.75) is 64.7 Å². The monoisotopic (exact) mass is 270 g/mol. The van der Waals surface area contributed by atoms with Crippen LogP contribution in [-0.4, -0.2) is 0 Å². The summed E-state index contributed by atoms with van der Waals surface area (Å²) in [5.41, 5.74) is 1.54. The van der Waals surface area contributed by atoms with Gasteiger partial charge in [-0.1, -0.05) is 50.1 Å². The van der Waals surface area contributed by atoms with Crippen LogP contribution in [0.2, 0.25) is 0 Å². The van der Waals surface area contributed by atoms with Gasteiger partial charge in [0.15, 0.2) is 0 Å². The first kappa shape index (κ1) is 14.2. The lowest BCUT2D eigenvalue weighted by atomic mass is 9.69. The Morgan fingerprint density at radius 3 is 1.90 bits per heavy atom. The van der Waals surface area contributed by atoms with E-state index in [9.17, 15) is 0 Å². The van der Waals surface area contributed by atoms with Gasteiger partial charge in [-0.2, -0.15) is 0 Å². The standard InChI is InChI=1S/C20H30/c1-16-7-11-19(12-8-16)20-13-9-18(10-14-20)15-17-5-3-2-4-6-17/h2-6,16,18-20H,7-15H2,1H3. The highest BCUT2D eigenvalue weighted by Crippen LogP contribution is 2.41. The Bertz CT molecular complexity index is 378. The summed E-state index contributed by atoms with van der Waals surface area (Å²) in [5.74, 6) is 4.09. The minimum atomic E-state index is 0.955. The number of hydrogen-bond acceptors (Lipinski definition) is 0. The zero-order valence-corrected chi connectivity index (χ0v) is 13.1. The number of rotatable bonds is 3. The van der Waals surface area contributed by atoms with E-state index in [1.165, 1.54) is 57.8 Å². The van der Waals surface area contributed by atoms with Crippen LogP contribution >= 0.6 is 0 Å². The molecule has 2 aliphatic rings. The second-order valence-corrected chi connectivity index (χ2v) is 7.49. The molecule has 0 spiro atoms. The first-order valence-electron chi connectivity index (χ1n) is 8.85. The third-order valence-electron chi connectivity index (χ3n) is 5.99. The molecule has 0 heteroatoms. The first-order chi connectivity index (χ1) is 9.81. The van der Waals surface area contributed by atoms with Crippen molar-refractivity contribution < 1.29 is 0 Å². The third-order valence-corrected chi connectivity index (χ3v) is 5.99. The summed E-state index contributed by atoms with van der Waals surface area (Å²) in [6.07, 6.45) is 13.3. The lowest BCUT2D eigenvalue weighted by molar-refractivity contribution is 0.150. The summed E-state index contributed by atoms with van der Waals surface area (Å²) >= 11 is 0. The van der Waals surface area contributed by atoms with Crippen LogP contribution in [0.25, 0.3) is 0 Å². The predicted molar refractivity (Wildman–Crippen MR) is 86.7 cm³/mol. The minimum Gasteiger partial charge on any atom is -0.0625 e. The SMILES string of the molecule is CC1CCC(C2CCC(Cc3ccccc3)CC2)CC1. The van der Waals surface area contributed by atoms with Crippen molar-refractivity contribution in [3.8, 4) is 0 Å². The predicted octanol–water partition coefficient (Wildman–Crippen LogP) is 5.86. The van der Waals surface area contributed by atoms with Gasteiger partial charge in [-0.15, -0.1) is 0 Å². The normalized spacial score (nSPS) is 34.9. The van der Waals surface area contributed by atoms with Crippen LogP contribution < -0.4 is 0 Å². The Labute approximate surface area is 125 Å². The number of benzene rings is 1. The molecule has 0 amide bonds. The van der Waals surface area contributed by atoms with Gasteiger partial charge in [-0.25, -0.2) is 0 Å². The van der Waals surface area contributed by atoms with Crippen molar-refractivity contribution in [2.24, 2.45) is 23.7 Å². The maximum Gasteiger partial charge on any atom is -0.0250 e. The molecule has 2 aliphatic carbocycles. The second kappa shape index (κ2) is 6.78. The summed E-state index contributed by atoms with van der Waals surface area (Å²) in [4.78, 5) is 0. The molecule has 1 aromatic carbocycles. The smallest absolute Gasteiger partial charge is 0.0250 e. The van der Waals surface area contributed by atoms with E-state index in [1.54, 1.807) is 5.56 Å². The maximum atomic E-state index is 2.44. The third kappa shape index (κ3) is 3.65. The fraction of sp³-hybridized carbons (Fsp3) is 0.700. The molecule has 20 heavy (non-hydrogen) atoms. The van der Waals surface area contributed by atoms with Crippen LogP contribution in [0.15, 0.2) is 30.3 Å². The molecule has 0 heterocycles. The molecule has 0 unspecified atom stereocenters. The number of hydrogen-bond donors (Lipinski definition) is 0.